The zero-order valence-electron chi connectivity index (χ0n) is 15.0. The molecule has 0 bridgehead atoms. The van der Waals surface area contributed by atoms with Crippen molar-refractivity contribution in [2.75, 3.05) is 6.54 Å². The number of ether oxygens (including phenoxy) is 1. The Hall–Kier alpha value is -2.11. The van der Waals surface area contributed by atoms with Crippen LogP contribution in [-0.4, -0.2) is 40.4 Å². The average molecular weight is 345 g/mol. The Morgan fingerprint density at radius 2 is 2.12 bits per heavy atom. The number of carbonyl (C=O) groups excluding carboxylic acids is 2. The van der Waals surface area contributed by atoms with Crippen molar-refractivity contribution in [3.05, 3.63) is 23.9 Å². The minimum atomic E-state index is -0.257. The molecule has 6 nitrogen and oxygen atoms in total. The van der Waals surface area contributed by atoms with Crippen molar-refractivity contribution in [2.24, 2.45) is 5.92 Å². The monoisotopic (exact) mass is 345 g/mol. The molecule has 0 radical (unpaired) electrons. The van der Waals surface area contributed by atoms with E-state index in [9.17, 15) is 9.59 Å². The molecule has 1 aliphatic carbocycles. The molecule has 1 unspecified atom stereocenters. The number of aromatic nitrogens is 1. The molecule has 25 heavy (non-hydrogen) atoms. The second kappa shape index (κ2) is 7.85. The van der Waals surface area contributed by atoms with E-state index >= 15 is 0 Å². The maximum absolute atomic E-state index is 12.3. The van der Waals surface area contributed by atoms with Gasteiger partial charge in [-0.15, -0.1) is 0 Å². The highest BCUT2D eigenvalue weighted by molar-refractivity contribution is 5.89. The first-order valence-electron chi connectivity index (χ1n) is 9.21. The van der Waals surface area contributed by atoms with E-state index in [-0.39, 0.29) is 23.8 Å². The molecule has 2 fully saturated rings. The molecule has 0 aromatic carbocycles. The van der Waals surface area contributed by atoms with E-state index in [1.165, 1.54) is 12.8 Å². The Balaban J connectivity index is 1.46. The number of hydrogen-bond donors (Lipinski definition) is 1. The molecule has 1 atom stereocenters. The van der Waals surface area contributed by atoms with Crippen molar-refractivity contribution in [3.8, 4) is 5.88 Å². The summed E-state index contributed by atoms with van der Waals surface area (Å²) in [5.74, 6) is 0.386. The van der Waals surface area contributed by atoms with E-state index in [4.69, 9.17) is 4.74 Å². The molecular formula is C19H27N3O3. The van der Waals surface area contributed by atoms with Crippen LogP contribution < -0.4 is 10.1 Å². The lowest BCUT2D eigenvalue weighted by Gasteiger charge is -2.20. The zero-order chi connectivity index (χ0) is 17.8. The summed E-state index contributed by atoms with van der Waals surface area (Å²) >= 11 is 0. The molecule has 136 valence electrons. The van der Waals surface area contributed by atoms with Crippen LogP contribution in [-0.2, 0) is 16.1 Å². The molecule has 1 saturated carbocycles. The SMILES string of the molecule is CC(C)N1CC(C(=O)NCc2ccc(OC3CCCC3)nc2)CC1=O. The number of nitrogens with one attached hydrogen (secondary N) is 1. The maximum atomic E-state index is 12.3. The highest BCUT2D eigenvalue weighted by atomic mass is 16.5. The van der Waals surface area contributed by atoms with E-state index in [2.05, 4.69) is 10.3 Å². The van der Waals surface area contributed by atoms with Crippen molar-refractivity contribution in [2.45, 2.75) is 64.6 Å². The van der Waals surface area contributed by atoms with Crippen molar-refractivity contribution in [3.63, 3.8) is 0 Å². The van der Waals surface area contributed by atoms with Crippen molar-refractivity contribution in [1.29, 1.82) is 0 Å². The second-order valence-corrected chi connectivity index (χ2v) is 7.29. The predicted octanol–water partition coefficient (Wildman–Crippen LogP) is 2.28. The number of nitrogens with zero attached hydrogens (tertiary/aromatic N) is 2. The van der Waals surface area contributed by atoms with E-state index in [0.717, 1.165) is 18.4 Å². The summed E-state index contributed by atoms with van der Waals surface area (Å²) in [6.07, 6.45) is 7.00. The fourth-order valence-corrected chi connectivity index (χ4v) is 3.50. The summed E-state index contributed by atoms with van der Waals surface area (Å²) < 4.78 is 5.84. The van der Waals surface area contributed by atoms with E-state index in [1.807, 2.05) is 26.0 Å². The first-order chi connectivity index (χ1) is 12.0. The molecule has 1 saturated heterocycles. The first-order valence-corrected chi connectivity index (χ1v) is 9.21. The third-order valence-electron chi connectivity index (χ3n) is 5.01. The Kier molecular flexibility index (Phi) is 5.56. The maximum Gasteiger partial charge on any atom is 0.225 e. The Morgan fingerprint density at radius 3 is 2.72 bits per heavy atom. The Morgan fingerprint density at radius 1 is 1.36 bits per heavy atom. The number of hydrogen-bond acceptors (Lipinski definition) is 4. The molecule has 2 heterocycles. The number of likely N-dealkylation sites (tertiary alicyclic amines) is 1. The minimum Gasteiger partial charge on any atom is -0.474 e. The van der Waals surface area contributed by atoms with E-state index in [0.29, 0.717) is 31.5 Å². The number of amides is 2. The lowest BCUT2D eigenvalue weighted by atomic mass is 10.1. The summed E-state index contributed by atoms with van der Waals surface area (Å²) in [5, 5.41) is 2.91. The van der Waals surface area contributed by atoms with Gasteiger partial charge in [-0.3, -0.25) is 9.59 Å². The van der Waals surface area contributed by atoms with Crippen LogP contribution in [0.1, 0.15) is 51.5 Å². The molecule has 1 aromatic rings. The molecule has 6 heteroatoms. The summed E-state index contributed by atoms with van der Waals surface area (Å²) in [4.78, 5) is 30.3. The molecule has 1 aliphatic heterocycles. The lowest BCUT2D eigenvalue weighted by Crippen LogP contribution is -2.35. The molecule has 2 amide bonds. The van der Waals surface area contributed by atoms with Crippen LogP contribution in [0.5, 0.6) is 5.88 Å². The summed E-state index contributed by atoms with van der Waals surface area (Å²) in [7, 11) is 0. The van der Waals surface area contributed by atoms with Gasteiger partial charge in [0, 0.05) is 37.8 Å². The minimum absolute atomic E-state index is 0.0604. The van der Waals surface area contributed by atoms with Gasteiger partial charge in [0.15, 0.2) is 0 Å². The Bertz CT molecular complexity index is 609. The van der Waals surface area contributed by atoms with Gasteiger partial charge in [-0.25, -0.2) is 4.98 Å². The number of rotatable bonds is 6. The summed E-state index contributed by atoms with van der Waals surface area (Å²) in [6, 6.07) is 3.93. The van der Waals surface area contributed by atoms with Crippen LogP contribution in [0.15, 0.2) is 18.3 Å². The molecule has 0 spiro atoms. The average Bonchev–Trinajstić information content (AvgIpc) is 3.23. The van der Waals surface area contributed by atoms with Gasteiger partial charge in [-0.1, -0.05) is 6.07 Å². The topological polar surface area (TPSA) is 71.5 Å². The molecule has 1 N–H and O–H groups in total. The van der Waals surface area contributed by atoms with Crippen molar-refractivity contribution in [1.82, 2.24) is 15.2 Å². The van der Waals surface area contributed by atoms with Crippen molar-refractivity contribution < 1.29 is 14.3 Å². The standard InChI is InChI=1S/C19H27N3O3/c1-13(2)22-12-15(9-18(22)23)19(24)21-11-14-7-8-17(20-10-14)25-16-5-3-4-6-16/h7-8,10,13,15-16H,3-6,9,11-12H2,1-2H3,(H,21,24). The highest BCUT2D eigenvalue weighted by Crippen LogP contribution is 2.23. The van der Waals surface area contributed by atoms with Gasteiger partial charge < -0.3 is 15.0 Å². The number of carbonyl (C=O) groups is 2. The summed E-state index contributed by atoms with van der Waals surface area (Å²) in [6.45, 7) is 4.87. The number of pyridine rings is 1. The lowest BCUT2D eigenvalue weighted by molar-refractivity contribution is -0.130. The predicted molar refractivity (Wildman–Crippen MR) is 93.9 cm³/mol. The van der Waals surface area contributed by atoms with Gasteiger partial charge in [0.1, 0.15) is 6.10 Å². The quantitative estimate of drug-likeness (QED) is 0.858. The summed E-state index contributed by atoms with van der Waals surface area (Å²) in [5.41, 5.74) is 0.928. The van der Waals surface area contributed by atoms with E-state index in [1.54, 1.807) is 11.1 Å². The normalized spacial score (nSPS) is 21.2. The second-order valence-electron chi connectivity index (χ2n) is 7.29. The fraction of sp³-hybridized carbons (Fsp3) is 0.632. The highest BCUT2D eigenvalue weighted by Gasteiger charge is 2.35. The third kappa shape index (κ3) is 4.50. The zero-order valence-corrected chi connectivity index (χ0v) is 15.0. The van der Waals surface area contributed by atoms with Gasteiger partial charge in [-0.05, 0) is 45.1 Å². The molecular weight excluding hydrogens is 318 g/mol. The van der Waals surface area contributed by atoms with Crippen LogP contribution in [0.3, 0.4) is 0 Å². The van der Waals surface area contributed by atoms with Gasteiger partial charge in [-0.2, -0.15) is 0 Å². The van der Waals surface area contributed by atoms with Crippen LogP contribution >= 0.6 is 0 Å². The first kappa shape index (κ1) is 17.7. The van der Waals surface area contributed by atoms with E-state index < -0.39 is 0 Å². The Labute approximate surface area is 148 Å². The smallest absolute Gasteiger partial charge is 0.225 e. The third-order valence-corrected chi connectivity index (χ3v) is 5.01. The van der Waals surface area contributed by atoms with Gasteiger partial charge in [0.2, 0.25) is 17.7 Å². The largest absolute Gasteiger partial charge is 0.474 e. The van der Waals surface area contributed by atoms with Gasteiger partial charge in [0.05, 0.1) is 5.92 Å². The van der Waals surface area contributed by atoms with Crippen LogP contribution in [0.4, 0.5) is 0 Å². The molecule has 3 rings (SSSR count). The molecule has 1 aromatic heterocycles. The van der Waals surface area contributed by atoms with Crippen LogP contribution in [0.2, 0.25) is 0 Å². The van der Waals surface area contributed by atoms with Crippen molar-refractivity contribution >= 4 is 11.8 Å². The van der Waals surface area contributed by atoms with Gasteiger partial charge in [0.25, 0.3) is 0 Å². The molecule has 2 aliphatic rings. The van der Waals surface area contributed by atoms with Gasteiger partial charge >= 0.3 is 0 Å². The fourth-order valence-electron chi connectivity index (χ4n) is 3.50. The van der Waals surface area contributed by atoms with Crippen LogP contribution in [0.25, 0.3) is 0 Å². The van der Waals surface area contributed by atoms with Crippen LogP contribution in [0, 0.1) is 5.92 Å².